The highest BCUT2D eigenvalue weighted by molar-refractivity contribution is 7.14. The average Bonchev–Trinajstić information content (AvgIpc) is 3.55. The number of fused-ring (bicyclic) bond motifs is 1. The summed E-state index contributed by atoms with van der Waals surface area (Å²) in [5, 5.41) is 19.2. The van der Waals surface area contributed by atoms with E-state index in [-0.39, 0.29) is 56.4 Å². The highest BCUT2D eigenvalue weighted by Crippen LogP contribution is 2.40. The number of hydrogen-bond donors (Lipinski definition) is 3. The van der Waals surface area contributed by atoms with Crippen LogP contribution in [0.1, 0.15) is 54.4 Å². The number of carbonyl (C=O) groups is 4. The first-order chi connectivity index (χ1) is 20.4. The van der Waals surface area contributed by atoms with E-state index in [0.717, 1.165) is 11.3 Å². The first-order valence-electron chi connectivity index (χ1n) is 13.5. The Kier molecular flexibility index (Phi) is 9.84. The Bertz CT molecular complexity index is 1500. The van der Waals surface area contributed by atoms with Crippen LogP contribution in [0.5, 0.6) is 0 Å². The number of thiazole rings is 1. The fourth-order valence-electron chi connectivity index (χ4n) is 5.46. The van der Waals surface area contributed by atoms with Crippen molar-refractivity contribution < 1.29 is 37.5 Å². The van der Waals surface area contributed by atoms with Gasteiger partial charge in [0.05, 0.1) is 17.3 Å². The molecule has 3 amide bonds. The number of aromatic nitrogens is 3. The minimum Gasteiger partial charge on any atom is -0.483 e. The summed E-state index contributed by atoms with van der Waals surface area (Å²) in [6.45, 7) is 1.76. The van der Waals surface area contributed by atoms with Crippen LogP contribution < -0.4 is 10.6 Å². The number of alkyl halides is 3. The number of aryl methyl sites for hydroxylation is 1. The van der Waals surface area contributed by atoms with Crippen molar-refractivity contribution in [2.24, 2.45) is 18.9 Å². The van der Waals surface area contributed by atoms with Crippen LogP contribution in [0.15, 0.2) is 29.6 Å². The summed E-state index contributed by atoms with van der Waals surface area (Å²) in [4.78, 5) is 52.3. The zero-order valence-corrected chi connectivity index (χ0v) is 24.3. The maximum absolute atomic E-state index is 13.4. The molecule has 1 fully saturated rings. The van der Waals surface area contributed by atoms with Crippen molar-refractivity contribution in [3.63, 3.8) is 0 Å². The maximum Gasteiger partial charge on any atom is 0.391 e. The predicted molar refractivity (Wildman–Crippen MR) is 152 cm³/mol. The minimum atomic E-state index is -4.22. The molecule has 230 valence electrons. The van der Waals surface area contributed by atoms with E-state index in [4.69, 9.17) is 9.90 Å². The summed E-state index contributed by atoms with van der Waals surface area (Å²) in [5.41, 5.74) is 3.67. The van der Waals surface area contributed by atoms with E-state index >= 15 is 0 Å². The largest absolute Gasteiger partial charge is 0.483 e. The van der Waals surface area contributed by atoms with Crippen LogP contribution in [0.3, 0.4) is 0 Å². The van der Waals surface area contributed by atoms with Gasteiger partial charge in [-0.1, -0.05) is 12.1 Å². The molecule has 15 heteroatoms. The van der Waals surface area contributed by atoms with Gasteiger partial charge in [0.1, 0.15) is 5.69 Å². The standard InChI is InChI=1S/C27H29F3N6O3S.CH2O2/c1-15(37)31-26-33-22(14-40-26)17-4-3-5-19(12-17)32-24(38)23-20-13-36(11-10-21(20)34-35(23)2)25(39)16-6-8-18(9-7-16)27(28,29)30;2-1-3/h3-5,12,14,16,18H,6-11,13H2,1-2H3,(H,32,38)(H,31,33,37);1H,(H,2,3). The summed E-state index contributed by atoms with van der Waals surface area (Å²) in [7, 11) is 1.67. The number of carbonyl (C=O) groups excluding carboxylic acids is 3. The number of amides is 3. The van der Waals surface area contributed by atoms with E-state index in [0.29, 0.717) is 40.7 Å². The lowest BCUT2D eigenvalue weighted by molar-refractivity contribution is -0.185. The highest BCUT2D eigenvalue weighted by atomic mass is 32.1. The molecule has 0 atom stereocenters. The third-order valence-corrected chi connectivity index (χ3v) is 8.22. The molecule has 3 aromatic rings. The molecular weight excluding hydrogens is 589 g/mol. The van der Waals surface area contributed by atoms with E-state index in [1.165, 1.54) is 22.9 Å². The van der Waals surface area contributed by atoms with Gasteiger partial charge in [-0.2, -0.15) is 18.3 Å². The molecule has 0 spiro atoms. The molecule has 0 unspecified atom stereocenters. The monoisotopic (exact) mass is 620 g/mol. The zero-order valence-electron chi connectivity index (χ0n) is 23.5. The predicted octanol–water partition coefficient (Wildman–Crippen LogP) is 4.71. The maximum atomic E-state index is 13.4. The molecule has 2 aliphatic rings. The second kappa shape index (κ2) is 13.4. The molecule has 1 aliphatic carbocycles. The molecule has 5 rings (SSSR count). The molecule has 2 aromatic heterocycles. The van der Waals surface area contributed by atoms with E-state index in [1.807, 2.05) is 11.4 Å². The molecule has 1 aliphatic heterocycles. The lowest BCUT2D eigenvalue weighted by atomic mass is 9.81. The number of rotatable bonds is 5. The highest BCUT2D eigenvalue weighted by Gasteiger charge is 2.43. The molecule has 3 heterocycles. The zero-order chi connectivity index (χ0) is 31.3. The van der Waals surface area contributed by atoms with Gasteiger partial charge in [0, 0.05) is 61.6 Å². The van der Waals surface area contributed by atoms with Gasteiger partial charge >= 0.3 is 6.18 Å². The van der Waals surface area contributed by atoms with Gasteiger partial charge in [0.15, 0.2) is 5.13 Å². The fourth-order valence-corrected chi connectivity index (χ4v) is 6.23. The first-order valence-corrected chi connectivity index (χ1v) is 14.4. The number of nitrogens with one attached hydrogen (secondary N) is 2. The van der Waals surface area contributed by atoms with Gasteiger partial charge in [-0.15, -0.1) is 11.3 Å². The second-order valence-electron chi connectivity index (χ2n) is 10.4. The third kappa shape index (κ3) is 7.58. The Morgan fingerprint density at radius 2 is 1.84 bits per heavy atom. The molecule has 43 heavy (non-hydrogen) atoms. The van der Waals surface area contributed by atoms with Gasteiger partial charge in [0.2, 0.25) is 11.8 Å². The lowest BCUT2D eigenvalue weighted by Crippen LogP contribution is -2.42. The molecule has 1 aromatic carbocycles. The van der Waals surface area contributed by atoms with Gasteiger partial charge in [-0.3, -0.25) is 23.9 Å². The van der Waals surface area contributed by atoms with Crippen molar-refractivity contribution in [2.45, 2.75) is 51.7 Å². The van der Waals surface area contributed by atoms with Crippen molar-refractivity contribution in [3.05, 3.63) is 46.6 Å². The van der Waals surface area contributed by atoms with Crippen LogP contribution in [0, 0.1) is 11.8 Å². The smallest absolute Gasteiger partial charge is 0.391 e. The number of nitrogens with zero attached hydrogens (tertiary/aromatic N) is 4. The van der Waals surface area contributed by atoms with Crippen molar-refractivity contribution in [2.75, 3.05) is 17.2 Å². The number of carboxylic acid groups (broad SMARTS) is 1. The molecular formula is C28H31F3N6O5S. The van der Waals surface area contributed by atoms with Crippen LogP contribution in [0.25, 0.3) is 11.3 Å². The number of benzene rings is 1. The number of anilines is 2. The van der Waals surface area contributed by atoms with E-state index in [1.54, 1.807) is 30.1 Å². The number of halogens is 3. The Balaban J connectivity index is 0.00000135. The summed E-state index contributed by atoms with van der Waals surface area (Å²) in [6.07, 6.45) is -3.39. The summed E-state index contributed by atoms with van der Waals surface area (Å²) in [6, 6.07) is 7.16. The van der Waals surface area contributed by atoms with Gasteiger partial charge < -0.3 is 20.6 Å². The van der Waals surface area contributed by atoms with E-state index < -0.39 is 18.0 Å². The Labute approximate surface area is 249 Å². The summed E-state index contributed by atoms with van der Waals surface area (Å²) >= 11 is 1.30. The topological polar surface area (TPSA) is 147 Å². The Morgan fingerprint density at radius 1 is 1.14 bits per heavy atom. The number of hydrogen-bond acceptors (Lipinski definition) is 7. The molecule has 0 saturated heterocycles. The fraction of sp³-hybridized carbons (Fsp3) is 0.429. The average molecular weight is 621 g/mol. The van der Waals surface area contributed by atoms with Gasteiger partial charge in [-0.25, -0.2) is 4.98 Å². The quantitative estimate of drug-likeness (QED) is 0.350. The van der Waals surface area contributed by atoms with Crippen LogP contribution in [-0.2, 0) is 34.4 Å². The molecule has 11 nitrogen and oxygen atoms in total. The first kappa shape index (κ1) is 31.7. The SMILES string of the molecule is CC(=O)Nc1nc(-c2cccc(NC(=O)c3c4c(nn3C)CCN(C(=O)C3CCC(C(F)(F)F)CC3)C4)c2)cs1.O=CO. The van der Waals surface area contributed by atoms with Gasteiger partial charge in [0.25, 0.3) is 12.4 Å². The van der Waals surface area contributed by atoms with Crippen LogP contribution in [-0.4, -0.2) is 61.7 Å². The van der Waals surface area contributed by atoms with Crippen LogP contribution in [0.4, 0.5) is 24.0 Å². The normalized spacial score (nSPS) is 18.1. The van der Waals surface area contributed by atoms with Crippen LogP contribution >= 0.6 is 11.3 Å². The molecule has 1 saturated carbocycles. The lowest BCUT2D eigenvalue weighted by Gasteiger charge is -2.34. The Morgan fingerprint density at radius 3 is 2.49 bits per heavy atom. The molecule has 0 bridgehead atoms. The summed E-state index contributed by atoms with van der Waals surface area (Å²) in [5.74, 6) is -2.53. The van der Waals surface area contributed by atoms with E-state index in [9.17, 15) is 27.6 Å². The Hall–Kier alpha value is -4.27. The van der Waals surface area contributed by atoms with Gasteiger partial charge in [-0.05, 0) is 37.8 Å². The second-order valence-corrected chi connectivity index (χ2v) is 11.2. The van der Waals surface area contributed by atoms with Crippen molar-refractivity contribution in [3.8, 4) is 11.3 Å². The van der Waals surface area contributed by atoms with Crippen molar-refractivity contribution >= 4 is 46.3 Å². The summed E-state index contributed by atoms with van der Waals surface area (Å²) < 4.78 is 40.7. The molecule has 3 N–H and O–H groups in total. The van der Waals surface area contributed by atoms with Crippen molar-refractivity contribution in [1.29, 1.82) is 0 Å². The van der Waals surface area contributed by atoms with E-state index in [2.05, 4.69) is 20.7 Å². The van der Waals surface area contributed by atoms with Crippen LogP contribution in [0.2, 0.25) is 0 Å². The minimum absolute atomic E-state index is 0.0337. The van der Waals surface area contributed by atoms with Crippen molar-refractivity contribution in [1.82, 2.24) is 19.7 Å². The molecule has 0 radical (unpaired) electrons. The third-order valence-electron chi connectivity index (χ3n) is 7.47.